The largest absolute Gasteiger partial charge is 0.444 e. The number of benzene rings is 1. The number of hydrogen-bond donors (Lipinski definition) is 1. The molecule has 2 aliphatic rings. The summed E-state index contributed by atoms with van der Waals surface area (Å²) in [6.07, 6.45) is 2.19. The number of anilines is 2. The number of amides is 2. The van der Waals surface area contributed by atoms with E-state index in [2.05, 4.69) is 26.5 Å². The molecular weight excluding hydrogens is 648 g/mol. The van der Waals surface area contributed by atoms with Gasteiger partial charge < -0.3 is 29.3 Å². The molecule has 0 spiro atoms. The van der Waals surface area contributed by atoms with Gasteiger partial charge in [0, 0.05) is 58.3 Å². The van der Waals surface area contributed by atoms with E-state index in [0.717, 1.165) is 18.2 Å². The molecule has 2 amide bonds. The van der Waals surface area contributed by atoms with Crippen LogP contribution in [0, 0.1) is 23.0 Å². The minimum absolute atomic E-state index is 0.00850. The van der Waals surface area contributed by atoms with E-state index in [-0.39, 0.29) is 53.6 Å². The molecule has 12 nitrogen and oxygen atoms in total. The van der Waals surface area contributed by atoms with Gasteiger partial charge in [-0.05, 0) is 62.9 Å². The quantitative estimate of drug-likeness (QED) is 0.293. The molecule has 49 heavy (non-hydrogen) atoms. The van der Waals surface area contributed by atoms with Crippen LogP contribution in [0.3, 0.4) is 0 Å². The Kier molecular flexibility index (Phi) is 10.0. The van der Waals surface area contributed by atoms with E-state index in [1.165, 1.54) is 12.3 Å². The van der Waals surface area contributed by atoms with Gasteiger partial charge in [0.25, 0.3) is 5.91 Å². The molecule has 1 aromatic carbocycles. The molecule has 16 heteroatoms. The van der Waals surface area contributed by atoms with Crippen LogP contribution in [0.2, 0.25) is 0 Å². The molecule has 262 valence electrons. The van der Waals surface area contributed by atoms with Gasteiger partial charge >= 0.3 is 18.0 Å². The Labute approximate surface area is 281 Å². The molecule has 2 fully saturated rings. The zero-order valence-electron chi connectivity index (χ0n) is 27.8. The lowest BCUT2D eigenvalue weighted by atomic mass is 9.94. The molecular formula is C33H38F4N8O4. The lowest BCUT2D eigenvalue weighted by molar-refractivity contribution is 0.00556. The van der Waals surface area contributed by atoms with E-state index in [1.54, 1.807) is 35.6 Å². The Hall–Kier alpha value is -4.94. The van der Waals surface area contributed by atoms with Gasteiger partial charge in [0.1, 0.15) is 29.1 Å². The van der Waals surface area contributed by atoms with Crippen LogP contribution in [0.4, 0.5) is 34.2 Å². The second-order valence-corrected chi connectivity index (χ2v) is 13.1. The summed E-state index contributed by atoms with van der Waals surface area (Å²) >= 11 is 0. The first-order valence-electron chi connectivity index (χ1n) is 15.9. The van der Waals surface area contributed by atoms with Crippen molar-refractivity contribution in [2.75, 3.05) is 43.0 Å². The van der Waals surface area contributed by atoms with Crippen LogP contribution in [-0.2, 0) is 10.7 Å². The molecule has 0 aliphatic carbocycles. The van der Waals surface area contributed by atoms with Crippen molar-refractivity contribution in [2.24, 2.45) is 0 Å². The lowest BCUT2D eigenvalue weighted by Gasteiger charge is -2.36. The second-order valence-electron chi connectivity index (χ2n) is 13.1. The van der Waals surface area contributed by atoms with Crippen molar-refractivity contribution in [1.82, 2.24) is 25.3 Å². The molecule has 2 atom stereocenters. The van der Waals surface area contributed by atoms with Crippen LogP contribution < -0.4 is 15.1 Å². The van der Waals surface area contributed by atoms with E-state index in [0.29, 0.717) is 39.3 Å². The molecule has 0 bridgehead atoms. The number of nitriles is 1. The fourth-order valence-electron chi connectivity index (χ4n) is 5.99. The maximum absolute atomic E-state index is 15.0. The van der Waals surface area contributed by atoms with Gasteiger partial charge in [0.2, 0.25) is 5.82 Å². The van der Waals surface area contributed by atoms with Crippen LogP contribution in [0.25, 0.3) is 0 Å². The average molecular weight is 687 g/mol. The highest BCUT2D eigenvalue weighted by Gasteiger charge is 2.39. The molecule has 0 radical (unpaired) electrons. The van der Waals surface area contributed by atoms with Crippen LogP contribution >= 0.6 is 0 Å². The molecule has 0 saturated carbocycles. The molecule has 3 aromatic rings. The Morgan fingerprint density at radius 3 is 2.49 bits per heavy atom. The van der Waals surface area contributed by atoms with Gasteiger partial charge in [0.05, 0.1) is 17.2 Å². The smallest absolute Gasteiger partial charge is 0.407 e. The topological polar surface area (TPSA) is 141 Å². The van der Waals surface area contributed by atoms with Crippen LogP contribution in [0.1, 0.15) is 80.2 Å². The van der Waals surface area contributed by atoms with E-state index >= 15 is 0 Å². The number of pyridine rings is 1. The van der Waals surface area contributed by atoms with Gasteiger partial charge in [-0.15, -0.1) is 0 Å². The predicted octanol–water partition coefficient (Wildman–Crippen LogP) is 5.35. The SMILES string of the molecule is CCC(C)(C)OC(=O)NC1CN(c2ncc(C(=O)N(C)C3CCN(c4nc(C(C)(F)F)no4)CC3)cc2C#N)CC1c1cc(F)ccc1F. The number of alkyl halides is 2. The third-order valence-corrected chi connectivity index (χ3v) is 9.15. The summed E-state index contributed by atoms with van der Waals surface area (Å²) < 4.78 is 66.8. The number of hydrogen-bond acceptors (Lipinski definition) is 10. The van der Waals surface area contributed by atoms with Crippen molar-refractivity contribution in [3.05, 3.63) is 64.6 Å². The second kappa shape index (κ2) is 13.9. The lowest BCUT2D eigenvalue weighted by Crippen LogP contribution is -2.45. The molecule has 2 aliphatic heterocycles. The maximum atomic E-state index is 15.0. The highest BCUT2D eigenvalue weighted by molar-refractivity contribution is 5.94. The third kappa shape index (κ3) is 7.87. The number of halogens is 4. The Bertz CT molecular complexity index is 1730. The normalized spacial score (nSPS) is 18.7. The molecule has 2 saturated heterocycles. The van der Waals surface area contributed by atoms with Crippen molar-refractivity contribution in [3.63, 3.8) is 0 Å². The summed E-state index contributed by atoms with van der Waals surface area (Å²) in [5, 5.41) is 16.2. The zero-order valence-corrected chi connectivity index (χ0v) is 27.8. The highest BCUT2D eigenvalue weighted by Crippen LogP contribution is 2.34. The van der Waals surface area contributed by atoms with Gasteiger partial charge in [0.15, 0.2) is 0 Å². The molecule has 4 heterocycles. The van der Waals surface area contributed by atoms with Gasteiger partial charge in [-0.1, -0.05) is 12.1 Å². The number of nitrogens with zero attached hydrogens (tertiary/aromatic N) is 7. The van der Waals surface area contributed by atoms with Crippen molar-refractivity contribution < 1.29 is 36.4 Å². The first-order chi connectivity index (χ1) is 23.1. The van der Waals surface area contributed by atoms with Crippen LogP contribution in [0.15, 0.2) is 35.0 Å². The first-order valence-corrected chi connectivity index (χ1v) is 15.9. The standard InChI is InChI=1S/C33H38F4N8O4/c1-6-32(2,3)48-31(47)40-26-18-45(17-24(26)23-14-21(34)7-8-25(23)35)27-19(15-38)13-20(16-39-27)28(46)43(5)22-9-11-44(12-10-22)30-41-29(42-49-30)33(4,36)37/h7-8,13-14,16,22,24,26H,6,9-12,17-18H2,1-5H3,(H,40,47). The van der Waals surface area contributed by atoms with Gasteiger partial charge in [-0.3, -0.25) is 4.79 Å². The number of aromatic nitrogens is 3. The van der Waals surface area contributed by atoms with Gasteiger partial charge in [-0.25, -0.2) is 18.6 Å². The summed E-state index contributed by atoms with van der Waals surface area (Å²) in [5.41, 5.74) is -0.438. The Morgan fingerprint density at radius 1 is 1.14 bits per heavy atom. The third-order valence-electron chi connectivity index (χ3n) is 9.15. The van der Waals surface area contributed by atoms with Crippen molar-refractivity contribution in [2.45, 2.75) is 76.5 Å². The van der Waals surface area contributed by atoms with Crippen LogP contribution in [0.5, 0.6) is 0 Å². The number of rotatable bonds is 9. The number of carbonyl (C=O) groups is 2. The monoisotopic (exact) mass is 686 g/mol. The molecule has 1 N–H and O–H groups in total. The van der Waals surface area contributed by atoms with E-state index in [1.807, 2.05) is 6.92 Å². The molecule has 5 rings (SSSR count). The predicted molar refractivity (Wildman–Crippen MR) is 169 cm³/mol. The van der Waals surface area contributed by atoms with E-state index < -0.39 is 47.0 Å². The summed E-state index contributed by atoms with van der Waals surface area (Å²) in [5.74, 6) is -6.07. The molecule has 2 aromatic heterocycles. The number of nitrogens with one attached hydrogen (secondary N) is 1. The highest BCUT2D eigenvalue weighted by atomic mass is 19.3. The Morgan fingerprint density at radius 2 is 1.86 bits per heavy atom. The summed E-state index contributed by atoms with van der Waals surface area (Å²) in [4.78, 5) is 39.5. The first kappa shape index (κ1) is 35.4. The van der Waals surface area contributed by atoms with E-state index in [9.17, 15) is 32.4 Å². The Balaban J connectivity index is 1.30. The summed E-state index contributed by atoms with van der Waals surface area (Å²) in [7, 11) is 1.64. The number of carbonyl (C=O) groups excluding carboxylic acids is 2. The minimum atomic E-state index is -3.23. The van der Waals surface area contributed by atoms with Crippen molar-refractivity contribution >= 4 is 23.8 Å². The number of piperidine rings is 1. The van der Waals surface area contributed by atoms with Gasteiger partial charge in [-0.2, -0.15) is 19.0 Å². The maximum Gasteiger partial charge on any atom is 0.407 e. The fraction of sp³-hybridized carbons (Fsp3) is 0.515. The van der Waals surface area contributed by atoms with E-state index in [4.69, 9.17) is 9.26 Å². The summed E-state index contributed by atoms with van der Waals surface area (Å²) in [6, 6.07) is 5.71. The molecule has 2 unspecified atom stereocenters. The average Bonchev–Trinajstić information content (AvgIpc) is 3.73. The van der Waals surface area contributed by atoms with Crippen molar-refractivity contribution in [3.8, 4) is 6.07 Å². The number of ether oxygens (including phenoxy) is 1. The fourth-order valence-corrected chi connectivity index (χ4v) is 5.99. The summed E-state index contributed by atoms with van der Waals surface area (Å²) in [6.45, 7) is 7.04. The minimum Gasteiger partial charge on any atom is -0.444 e. The van der Waals surface area contributed by atoms with Crippen LogP contribution in [-0.4, -0.2) is 82.9 Å². The number of alkyl carbamates (subject to hydrolysis) is 1. The zero-order chi connectivity index (χ0) is 35.7. The van der Waals surface area contributed by atoms with Crippen molar-refractivity contribution in [1.29, 1.82) is 5.26 Å².